The maximum Gasteiger partial charge on any atom is 0.137 e. The Hall–Kier alpha value is -4.59. The molecule has 1 aliphatic carbocycles. The lowest BCUT2D eigenvalue weighted by atomic mass is 9.90. The highest BCUT2D eigenvalue weighted by atomic mass is 15.2. The van der Waals surface area contributed by atoms with Gasteiger partial charge in [-0.15, -0.1) is 0 Å². The Morgan fingerprint density at radius 2 is 1.60 bits per heavy atom. The van der Waals surface area contributed by atoms with Crippen LogP contribution in [0, 0.1) is 0 Å². The molecule has 0 saturated heterocycles. The quantitative estimate of drug-likeness (QED) is 0.161. The van der Waals surface area contributed by atoms with Crippen LogP contribution in [-0.4, -0.2) is 29.8 Å². The summed E-state index contributed by atoms with van der Waals surface area (Å²) in [4.78, 5) is 23.8. The highest BCUT2D eigenvalue weighted by Gasteiger charge is 2.28. The van der Waals surface area contributed by atoms with Gasteiger partial charge in [0.1, 0.15) is 11.6 Å². The SMILES string of the molecule is C.c1ccc(-c2ncc(CNCc3ccc(CN(Cc4nc5ccccc5[nH]4)C4CCCc5cccnc54)cc3)[nH]2)cc1. The molecule has 3 aromatic heterocycles. The highest BCUT2D eigenvalue weighted by molar-refractivity contribution is 5.74. The van der Waals surface area contributed by atoms with Crippen LogP contribution in [-0.2, 0) is 32.6 Å². The second-order valence-electron chi connectivity index (χ2n) is 11.1. The Morgan fingerprint density at radius 3 is 2.47 bits per heavy atom. The van der Waals surface area contributed by atoms with Crippen LogP contribution in [0.3, 0.4) is 0 Å². The Kier molecular flexibility index (Phi) is 8.72. The van der Waals surface area contributed by atoms with Crippen LogP contribution in [0.2, 0.25) is 0 Å². The van der Waals surface area contributed by atoms with Gasteiger partial charge in [-0.25, -0.2) is 9.97 Å². The summed E-state index contributed by atoms with van der Waals surface area (Å²) in [5.41, 5.74) is 9.41. The van der Waals surface area contributed by atoms with E-state index in [9.17, 15) is 0 Å². The van der Waals surface area contributed by atoms with Gasteiger partial charge < -0.3 is 15.3 Å². The van der Waals surface area contributed by atoms with E-state index in [1.165, 1.54) is 28.8 Å². The van der Waals surface area contributed by atoms with Crippen molar-refractivity contribution in [1.29, 1.82) is 0 Å². The maximum atomic E-state index is 4.90. The summed E-state index contributed by atoms with van der Waals surface area (Å²) < 4.78 is 0. The molecule has 1 aliphatic rings. The zero-order chi connectivity index (χ0) is 28.1. The number of aryl methyl sites for hydroxylation is 1. The van der Waals surface area contributed by atoms with Crippen molar-refractivity contribution in [2.75, 3.05) is 0 Å². The Morgan fingerprint density at radius 1 is 0.791 bits per heavy atom. The smallest absolute Gasteiger partial charge is 0.137 e. The lowest BCUT2D eigenvalue weighted by molar-refractivity contribution is 0.153. The van der Waals surface area contributed by atoms with E-state index >= 15 is 0 Å². The van der Waals surface area contributed by atoms with E-state index in [0.29, 0.717) is 0 Å². The van der Waals surface area contributed by atoms with Gasteiger partial charge in [0.05, 0.1) is 29.3 Å². The number of fused-ring (bicyclic) bond motifs is 2. The molecule has 3 heterocycles. The van der Waals surface area contributed by atoms with Gasteiger partial charge in [0, 0.05) is 43.3 Å². The molecule has 7 nitrogen and oxygen atoms in total. The zero-order valence-corrected chi connectivity index (χ0v) is 23.6. The number of imidazole rings is 2. The topological polar surface area (TPSA) is 85.5 Å². The van der Waals surface area contributed by atoms with Crippen LogP contribution >= 0.6 is 0 Å². The van der Waals surface area contributed by atoms with Crippen LogP contribution in [0.1, 0.15) is 60.2 Å². The second kappa shape index (κ2) is 13.2. The fourth-order valence-electron chi connectivity index (χ4n) is 6.02. The Bertz CT molecular complexity index is 1720. The first-order valence-electron chi connectivity index (χ1n) is 14.8. The standard InChI is InChI=1S/C35H35N7.CH4/c1-2-8-28(9-3-1)35-38-22-29(39-35)21-36-20-25-15-17-26(18-16-25)23-42(24-33-40-30-12-4-5-13-31(30)41-33)32-14-6-10-27-11-7-19-37-34(27)32;/h1-5,7-9,11-13,15-19,22,32,36H,6,10,14,20-21,23-24H2,(H,38,39)(H,40,41);1H4. The minimum absolute atomic E-state index is 0. The van der Waals surface area contributed by atoms with Gasteiger partial charge in [0.15, 0.2) is 0 Å². The number of nitrogens with one attached hydrogen (secondary N) is 3. The third-order valence-electron chi connectivity index (χ3n) is 8.13. The van der Waals surface area contributed by atoms with E-state index in [0.717, 1.165) is 73.0 Å². The lowest BCUT2D eigenvalue weighted by Gasteiger charge is -2.34. The summed E-state index contributed by atoms with van der Waals surface area (Å²) in [5.74, 6) is 1.90. The monoisotopic (exact) mass is 569 g/mol. The predicted octanol–water partition coefficient (Wildman–Crippen LogP) is 7.35. The number of nitrogens with zero attached hydrogens (tertiary/aromatic N) is 4. The average Bonchev–Trinajstić information content (AvgIpc) is 3.69. The number of pyridine rings is 1. The third-order valence-corrected chi connectivity index (χ3v) is 8.13. The number of para-hydroxylation sites is 2. The van der Waals surface area contributed by atoms with Crippen molar-refractivity contribution < 1.29 is 0 Å². The van der Waals surface area contributed by atoms with E-state index in [4.69, 9.17) is 9.97 Å². The van der Waals surface area contributed by atoms with Gasteiger partial charge in [0.25, 0.3) is 0 Å². The minimum atomic E-state index is 0. The average molecular weight is 570 g/mol. The molecule has 1 unspecified atom stereocenters. The molecule has 0 amide bonds. The molecule has 7 heteroatoms. The molecule has 0 fully saturated rings. The molecule has 0 saturated carbocycles. The van der Waals surface area contributed by atoms with Crippen molar-refractivity contribution in [1.82, 2.24) is 35.1 Å². The summed E-state index contributed by atoms with van der Waals surface area (Å²) in [6.07, 6.45) is 7.23. The number of rotatable bonds is 10. The first-order valence-corrected chi connectivity index (χ1v) is 14.8. The van der Waals surface area contributed by atoms with Crippen molar-refractivity contribution in [2.24, 2.45) is 0 Å². The van der Waals surface area contributed by atoms with Crippen molar-refractivity contribution in [2.45, 2.75) is 58.9 Å². The molecule has 0 bridgehead atoms. The third kappa shape index (κ3) is 6.58. The highest BCUT2D eigenvalue weighted by Crippen LogP contribution is 2.34. The summed E-state index contributed by atoms with van der Waals surface area (Å²) in [6, 6.07) is 32.0. The van der Waals surface area contributed by atoms with E-state index in [-0.39, 0.29) is 13.5 Å². The molecule has 218 valence electrons. The van der Waals surface area contributed by atoms with Crippen LogP contribution in [0.15, 0.2) is 103 Å². The molecule has 43 heavy (non-hydrogen) atoms. The van der Waals surface area contributed by atoms with E-state index < -0.39 is 0 Å². The second-order valence-corrected chi connectivity index (χ2v) is 11.1. The number of hydrogen-bond donors (Lipinski definition) is 3. The summed E-state index contributed by atoms with van der Waals surface area (Å²) in [7, 11) is 0. The van der Waals surface area contributed by atoms with Crippen molar-refractivity contribution >= 4 is 11.0 Å². The van der Waals surface area contributed by atoms with Crippen LogP contribution in [0.4, 0.5) is 0 Å². The van der Waals surface area contributed by atoms with Crippen LogP contribution < -0.4 is 5.32 Å². The molecule has 3 aromatic carbocycles. The van der Waals surface area contributed by atoms with Gasteiger partial charge in [-0.3, -0.25) is 9.88 Å². The van der Waals surface area contributed by atoms with E-state index in [1.54, 1.807) is 0 Å². The van der Waals surface area contributed by atoms with E-state index in [2.05, 4.69) is 91.9 Å². The normalized spacial score (nSPS) is 14.5. The van der Waals surface area contributed by atoms with Gasteiger partial charge in [0.2, 0.25) is 0 Å². The van der Waals surface area contributed by atoms with Gasteiger partial charge in [-0.05, 0) is 54.2 Å². The van der Waals surface area contributed by atoms with Crippen molar-refractivity contribution in [3.8, 4) is 11.4 Å². The summed E-state index contributed by atoms with van der Waals surface area (Å²) >= 11 is 0. The first kappa shape index (κ1) is 28.5. The Balaban J connectivity index is 0.00000329. The fraction of sp³-hybridized carbons (Fsp3) is 0.250. The number of benzene rings is 3. The number of aromatic nitrogens is 5. The number of aromatic amines is 2. The molecular weight excluding hydrogens is 530 g/mol. The molecule has 0 aliphatic heterocycles. The predicted molar refractivity (Wildman–Crippen MR) is 173 cm³/mol. The Labute approximate surface area is 253 Å². The molecule has 0 spiro atoms. The molecule has 3 N–H and O–H groups in total. The van der Waals surface area contributed by atoms with Crippen LogP contribution in [0.5, 0.6) is 0 Å². The molecule has 1 atom stereocenters. The molecule has 6 aromatic rings. The van der Waals surface area contributed by atoms with Gasteiger partial charge >= 0.3 is 0 Å². The number of hydrogen-bond acceptors (Lipinski definition) is 5. The van der Waals surface area contributed by atoms with Gasteiger partial charge in [-0.2, -0.15) is 0 Å². The van der Waals surface area contributed by atoms with Crippen LogP contribution in [0.25, 0.3) is 22.4 Å². The summed E-state index contributed by atoms with van der Waals surface area (Å²) in [6.45, 7) is 3.11. The van der Waals surface area contributed by atoms with Crippen molar-refractivity contribution in [3.05, 3.63) is 137 Å². The summed E-state index contributed by atoms with van der Waals surface area (Å²) in [5, 5.41) is 3.55. The fourth-order valence-corrected chi connectivity index (χ4v) is 6.02. The molecule has 7 rings (SSSR count). The largest absolute Gasteiger partial charge is 0.341 e. The molecule has 0 radical (unpaired) electrons. The minimum Gasteiger partial charge on any atom is -0.341 e. The number of H-pyrrole nitrogens is 2. The van der Waals surface area contributed by atoms with Gasteiger partial charge in [-0.1, -0.05) is 80.2 Å². The lowest BCUT2D eigenvalue weighted by Crippen LogP contribution is -2.31. The zero-order valence-electron chi connectivity index (χ0n) is 23.6. The maximum absolute atomic E-state index is 4.90. The van der Waals surface area contributed by atoms with E-state index in [1.807, 2.05) is 36.7 Å². The molecular formula is C36H39N7. The first-order chi connectivity index (χ1) is 20.8. The van der Waals surface area contributed by atoms with Crippen molar-refractivity contribution in [3.63, 3.8) is 0 Å².